The average molecular weight is 511 g/mol. The van der Waals surface area contributed by atoms with Crippen molar-refractivity contribution in [1.29, 1.82) is 0 Å². The zero-order chi connectivity index (χ0) is 25.6. The minimum Gasteiger partial charge on any atom is -0.354 e. The number of hydrogen-bond acceptors (Lipinski definition) is 6. The van der Waals surface area contributed by atoms with Gasteiger partial charge in [-0.05, 0) is 42.7 Å². The summed E-state index contributed by atoms with van der Waals surface area (Å²) in [5, 5.41) is 4.17. The number of anilines is 1. The first-order valence-electron chi connectivity index (χ1n) is 11.6. The van der Waals surface area contributed by atoms with Crippen molar-refractivity contribution in [3.63, 3.8) is 0 Å². The molecule has 0 spiro atoms. The highest BCUT2D eigenvalue weighted by molar-refractivity contribution is 5.40. The number of benzene rings is 1. The Balaban J connectivity index is 1.21. The molecule has 6 nitrogen and oxygen atoms in total. The number of alkyl halides is 6. The lowest BCUT2D eigenvalue weighted by atomic mass is 9.64. The van der Waals surface area contributed by atoms with Crippen LogP contribution in [0.1, 0.15) is 47.7 Å². The monoisotopic (exact) mass is 511 g/mol. The van der Waals surface area contributed by atoms with Gasteiger partial charge in [-0.2, -0.15) is 31.3 Å². The van der Waals surface area contributed by atoms with Crippen LogP contribution in [-0.4, -0.2) is 46.2 Å². The molecule has 1 aliphatic carbocycles. The van der Waals surface area contributed by atoms with Gasteiger partial charge in [-0.1, -0.05) is 23.7 Å². The van der Waals surface area contributed by atoms with E-state index >= 15 is 0 Å². The molecule has 2 aliphatic rings. The molecule has 1 aromatic carbocycles. The van der Waals surface area contributed by atoms with Crippen molar-refractivity contribution in [2.45, 2.75) is 43.6 Å². The summed E-state index contributed by atoms with van der Waals surface area (Å²) in [4.78, 5) is 12.6. The van der Waals surface area contributed by atoms with E-state index in [0.29, 0.717) is 50.3 Å². The molecule has 1 aliphatic heterocycles. The van der Waals surface area contributed by atoms with Crippen LogP contribution in [0.4, 0.5) is 32.2 Å². The number of nitrogens with zero attached hydrogens (tertiary/aromatic N) is 5. The third kappa shape index (κ3) is 4.78. The predicted octanol–water partition coefficient (Wildman–Crippen LogP) is 5.29. The predicted molar refractivity (Wildman–Crippen MR) is 117 cm³/mol. The first-order valence-corrected chi connectivity index (χ1v) is 11.6. The molecule has 0 radical (unpaired) electrons. The third-order valence-electron chi connectivity index (χ3n) is 7.00. The Morgan fingerprint density at radius 3 is 2.00 bits per heavy atom. The van der Waals surface area contributed by atoms with Gasteiger partial charge in [0.1, 0.15) is 5.82 Å². The molecule has 5 rings (SSSR count). The summed E-state index contributed by atoms with van der Waals surface area (Å²) >= 11 is 0. The molecule has 2 aromatic heterocycles. The first kappa shape index (κ1) is 24.5. The second-order valence-corrected chi connectivity index (χ2v) is 9.19. The van der Waals surface area contributed by atoms with Crippen LogP contribution in [0.25, 0.3) is 0 Å². The van der Waals surface area contributed by atoms with Gasteiger partial charge in [0.25, 0.3) is 0 Å². The van der Waals surface area contributed by atoms with E-state index in [2.05, 4.69) is 20.0 Å². The number of aromatic nitrogens is 3. The van der Waals surface area contributed by atoms with Crippen LogP contribution >= 0.6 is 0 Å². The molecule has 0 amide bonds. The number of hydrogen-bond donors (Lipinski definition) is 0. The first-order chi connectivity index (χ1) is 17.0. The molecule has 3 aromatic rings. The molecule has 192 valence electrons. The molecule has 2 fully saturated rings. The lowest BCUT2D eigenvalue weighted by Crippen LogP contribution is -2.46. The molecule has 1 saturated carbocycles. The summed E-state index contributed by atoms with van der Waals surface area (Å²) in [5.41, 5.74) is -1.27. The van der Waals surface area contributed by atoms with Crippen LogP contribution < -0.4 is 4.90 Å². The average Bonchev–Trinajstić information content (AvgIpc) is 3.26. The number of rotatable bonds is 5. The van der Waals surface area contributed by atoms with Crippen molar-refractivity contribution in [3.05, 3.63) is 71.0 Å². The van der Waals surface area contributed by atoms with Crippen molar-refractivity contribution < 1.29 is 30.9 Å². The quantitative estimate of drug-likeness (QED) is 0.434. The fourth-order valence-electron chi connectivity index (χ4n) is 4.73. The van der Waals surface area contributed by atoms with Crippen LogP contribution in [0.3, 0.4) is 0 Å². The Hall–Kier alpha value is -3.15. The highest BCUT2D eigenvalue weighted by Crippen LogP contribution is 2.48. The number of pyridine rings is 1. The standard InChI is InChI=1S/C24H23F6N5O/c25-23(26,27)17-4-2-16(3-5-17)22(8-1-9-22)21-32-20(36-33-21)15-34-10-12-35(13-11-34)19-7-6-18(14-31-19)24(28,29)30/h2-7,14H,1,8-13,15H2. The molecular weight excluding hydrogens is 488 g/mol. The maximum atomic E-state index is 12.9. The lowest BCUT2D eigenvalue weighted by Gasteiger charge is -2.39. The van der Waals surface area contributed by atoms with E-state index in [4.69, 9.17) is 4.52 Å². The normalized spacial score (nSPS) is 18.8. The van der Waals surface area contributed by atoms with Gasteiger partial charge in [-0.15, -0.1) is 0 Å². The van der Waals surface area contributed by atoms with Crippen LogP contribution in [0, 0.1) is 0 Å². The van der Waals surface area contributed by atoms with Crippen LogP contribution in [0.2, 0.25) is 0 Å². The second-order valence-electron chi connectivity index (χ2n) is 9.19. The van der Waals surface area contributed by atoms with E-state index in [1.807, 2.05) is 4.90 Å². The molecule has 0 unspecified atom stereocenters. The Kier molecular flexibility index (Phi) is 6.17. The lowest BCUT2D eigenvalue weighted by molar-refractivity contribution is -0.138. The molecule has 12 heteroatoms. The maximum Gasteiger partial charge on any atom is 0.417 e. The van der Waals surface area contributed by atoms with Crippen molar-refractivity contribution in [2.24, 2.45) is 0 Å². The van der Waals surface area contributed by atoms with Gasteiger partial charge in [-0.3, -0.25) is 4.90 Å². The van der Waals surface area contributed by atoms with Gasteiger partial charge in [0.05, 0.1) is 23.1 Å². The second kappa shape index (κ2) is 9.06. The number of halogens is 6. The summed E-state index contributed by atoms with van der Waals surface area (Å²) in [6.07, 6.45) is -5.58. The summed E-state index contributed by atoms with van der Waals surface area (Å²) in [6, 6.07) is 7.56. The van der Waals surface area contributed by atoms with E-state index in [-0.39, 0.29) is 0 Å². The van der Waals surface area contributed by atoms with E-state index in [9.17, 15) is 26.3 Å². The van der Waals surface area contributed by atoms with Gasteiger partial charge in [0, 0.05) is 32.4 Å². The summed E-state index contributed by atoms with van der Waals surface area (Å²) in [5.74, 6) is 1.39. The Bertz CT molecular complexity index is 1180. The fourth-order valence-corrected chi connectivity index (χ4v) is 4.73. The van der Waals surface area contributed by atoms with Crippen LogP contribution in [0.5, 0.6) is 0 Å². The summed E-state index contributed by atoms with van der Waals surface area (Å²) in [6.45, 7) is 2.82. The minimum atomic E-state index is -4.42. The van der Waals surface area contributed by atoms with Crippen LogP contribution in [-0.2, 0) is 24.3 Å². The fraction of sp³-hybridized carbons (Fsp3) is 0.458. The van der Waals surface area contributed by atoms with Crippen molar-refractivity contribution in [2.75, 3.05) is 31.1 Å². The largest absolute Gasteiger partial charge is 0.417 e. The van der Waals surface area contributed by atoms with Gasteiger partial charge in [0.2, 0.25) is 5.89 Å². The third-order valence-corrected chi connectivity index (χ3v) is 7.00. The number of piperazine rings is 1. The summed E-state index contributed by atoms with van der Waals surface area (Å²) < 4.78 is 82.6. The molecule has 0 bridgehead atoms. The molecule has 0 N–H and O–H groups in total. The molecular formula is C24H23F6N5O. The van der Waals surface area contributed by atoms with Crippen LogP contribution in [0.15, 0.2) is 47.1 Å². The van der Waals surface area contributed by atoms with Crippen molar-refractivity contribution in [3.8, 4) is 0 Å². The van der Waals surface area contributed by atoms with E-state index in [1.54, 1.807) is 0 Å². The SMILES string of the molecule is FC(F)(F)c1ccc(C2(c3noc(CN4CCN(c5ccc(C(F)(F)F)cn5)CC4)n3)CCC2)cc1. The Morgan fingerprint density at radius 2 is 1.47 bits per heavy atom. The zero-order valence-electron chi connectivity index (χ0n) is 19.1. The van der Waals surface area contributed by atoms with Gasteiger partial charge < -0.3 is 9.42 Å². The highest BCUT2D eigenvalue weighted by Gasteiger charge is 2.45. The van der Waals surface area contributed by atoms with E-state index < -0.39 is 28.9 Å². The molecule has 1 saturated heterocycles. The smallest absolute Gasteiger partial charge is 0.354 e. The highest BCUT2D eigenvalue weighted by atomic mass is 19.4. The van der Waals surface area contributed by atoms with E-state index in [1.165, 1.54) is 18.2 Å². The Morgan fingerprint density at radius 1 is 0.833 bits per heavy atom. The van der Waals surface area contributed by atoms with E-state index in [0.717, 1.165) is 49.2 Å². The summed E-state index contributed by atoms with van der Waals surface area (Å²) in [7, 11) is 0. The molecule has 36 heavy (non-hydrogen) atoms. The molecule has 0 atom stereocenters. The minimum absolute atomic E-state index is 0.407. The van der Waals surface area contributed by atoms with Gasteiger partial charge in [-0.25, -0.2) is 4.98 Å². The van der Waals surface area contributed by atoms with Gasteiger partial charge >= 0.3 is 12.4 Å². The maximum absolute atomic E-state index is 12.9. The van der Waals surface area contributed by atoms with Crippen molar-refractivity contribution in [1.82, 2.24) is 20.0 Å². The topological polar surface area (TPSA) is 58.3 Å². The molecule has 3 heterocycles. The van der Waals surface area contributed by atoms with Gasteiger partial charge in [0.15, 0.2) is 5.82 Å². The zero-order valence-corrected chi connectivity index (χ0v) is 19.1. The van der Waals surface area contributed by atoms with Crippen molar-refractivity contribution >= 4 is 5.82 Å². The Labute approximate surface area is 202 Å².